The van der Waals surface area contributed by atoms with E-state index < -0.39 is 0 Å². The second-order valence-corrected chi connectivity index (χ2v) is 7.56. The third-order valence-electron chi connectivity index (χ3n) is 5.37. The quantitative estimate of drug-likeness (QED) is 0.674. The van der Waals surface area contributed by atoms with Crippen molar-refractivity contribution in [1.82, 2.24) is 0 Å². The Morgan fingerprint density at radius 2 is 1.87 bits per heavy atom. The van der Waals surface area contributed by atoms with Crippen molar-refractivity contribution in [2.75, 3.05) is 0 Å². The highest BCUT2D eigenvalue weighted by molar-refractivity contribution is 5.78. The van der Waals surface area contributed by atoms with Gasteiger partial charge in [-0.15, -0.1) is 0 Å². The van der Waals surface area contributed by atoms with Crippen LogP contribution in [0.1, 0.15) is 83.3 Å². The molecule has 1 aromatic carbocycles. The molecule has 0 fully saturated rings. The fourth-order valence-electron chi connectivity index (χ4n) is 4.08. The predicted molar refractivity (Wildman–Crippen MR) is 96.0 cm³/mol. The molecule has 0 spiro atoms. The number of allylic oxidation sites excluding steroid dienone is 1. The molecule has 3 rings (SSSR count). The van der Waals surface area contributed by atoms with Crippen molar-refractivity contribution < 1.29 is 9.84 Å². The van der Waals surface area contributed by atoms with Crippen molar-refractivity contribution in [3.05, 3.63) is 28.8 Å². The van der Waals surface area contributed by atoms with E-state index in [1.807, 2.05) is 6.07 Å². The Labute approximate surface area is 140 Å². The van der Waals surface area contributed by atoms with Crippen LogP contribution in [0.25, 0.3) is 5.57 Å². The number of phenolic OH excluding ortho intramolecular Hbond substituents is 1. The number of phenols is 1. The maximum absolute atomic E-state index is 10.4. The standard InChI is InChI=1S/C21H30O2/c1-4-5-6-7-10-15-13-17-16-11-8-9-12-18(16)21(2,3)23-20(17)14-19(15)22/h13-14,22H,4-12H2,1-3H3. The molecule has 1 aromatic rings. The third kappa shape index (κ3) is 3.27. The molecule has 0 saturated heterocycles. The molecule has 1 N–H and O–H groups in total. The Morgan fingerprint density at radius 3 is 2.65 bits per heavy atom. The number of unbranched alkanes of at least 4 members (excludes halogenated alkanes) is 3. The lowest BCUT2D eigenvalue weighted by molar-refractivity contribution is 0.137. The van der Waals surface area contributed by atoms with E-state index in [0.29, 0.717) is 5.75 Å². The summed E-state index contributed by atoms with van der Waals surface area (Å²) >= 11 is 0. The minimum absolute atomic E-state index is 0.238. The van der Waals surface area contributed by atoms with Crippen LogP contribution in [-0.4, -0.2) is 10.7 Å². The van der Waals surface area contributed by atoms with Crippen molar-refractivity contribution in [2.24, 2.45) is 0 Å². The van der Waals surface area contributed by atoms with E-state index in [1.165, 1.54) is 48.8 Å². The first-order chi connectivity index (χ1) is 11.0. The maximum Gasteiger partial charge on any atom is 0.131 e. The summed E-state index contributed by atoms with van der Waals surface area (Å²) in [6.45, 7) is 6.55. The summed E-state index contributed by atoms with van der Waals surface area (Å²) in [5.41, 5.74) is 5.04. The molecule has 2 heteroatoms. The van der Waals surface area contributed by atoms with E-state index in [0.717, 1.165) is 37.0 Å². The average molecular weight is 314 g/mol. The second kappa shape index (κ2) is 6.59. The number of hydrogen-bond donors (Lipinski definition) is 1. The van der Waals surface area contributed by atoms with E-state index in [-0.39, 0.29) is 5.60 Å². The van der Waals surface area contributed by atoms with Gasteiger partial charge in [0.05, 0.1) is 0 Å². The Kier molecular flexibility index (Phi) is 4.70. The first kappa shape index (κ1) is 16.4. The molecule has 0 bridgehead atoms. The molecular weight excluding hydrogens is 284 g/mol. The van der Waals surface area contributed by atoms with Crippen LogP contribution in [-0.2, 0) is 6.42 Å². The van der Waals surface area contributed by atoms with E-state index in [1.54, 1.807) is 0 Å². The van der Waals surface area contributed by atoms with Gasteiger partial charge in [-0.2, -0.15) is 0 Å². The minimum atomic E-state index is -0.238. The number of aromatic hydroxyl groups is 1. The van der Waals surface area contributed by atoms with Crippen LogP contribution in [0.4, 0.5) is 0 Å². The van der Waals surface area contributed by atoms with E-state index in [2.05, 4.69) is 26.8 Å². The van der Waals surface area contributed by atoms with Crippen molar-refractivity contribution in [1.29, 1.82) is 0 Å². The van der Waals surface area contributed by atoms with Gasteiger partial charge in [0.15, 0.2) is 0 Å². The van der Waals surface area contributed by atoms with Crippen LogP contribution in [0, 0.1) is 0 Å². The summed E-state index contributed by atoms with van der Waals surface area (Å²) in [6, 6.07) is 4.05. The summed E-state index contributed by atoms with van der Waals surface area (Å²) in [6.07, 6.45) is 10.7. The van der Waals surface area contributed by atoms with Gasteiger partial charge in [0.1, 0.15) is 17.1 Å². The number of aryl methyl sites for hydroxylation is 1. The summed E-state index contributed by atoms with van der Waals surface area (Å²) in [5.74, 6) is 1.27. The molecule has 0 radical (unpaired) electrons. The zero-order valence-electron chi connectivity index (χ0n) is 14.9. The Balaban J connectivity index is 1.92. The minimum Gasteiger partial charge on any atom is -0.508 e. The zero-order chi connectivity index (χ0) is 16.4. The predicted octanol–water partition coefficient (Wildman–Crippen LogP) is 6.01. The highest BCUT2D eigenvalue weighted by Crippen LogP contribution is 2.48. The third-order valence-corrected chi connectivity index (χ3v) is 5.37. The molecule has 2 nitrogen and oxygen atoms in total. The van der Waals surface area contributed by atoms with Crippen LogP contribution in [0.2, 0.25) is 0 Å². The molecule has 23 heavy (non-hydrogen) atoms. The highest BCUT2D eigenvalue weighted by Gasteiger charge is 2.36. The highest BCUT2D eigenvalue weighted by atomic mass is 16.5. The van der Waals surface area contributed by atoms with Gasteiger partial charge >= 0.3 is 0 Å². The van der Waals surface area contributed by atoms with Crippen LogP contribution >= 0.6 is 0 Å². The summed E-state index contributed by atoms with van der Waals surface area (Å²) in [7, 11) is 0. The van der Waals surface area contributed by atoms with Crippen molar-refractivity contribution in [3.8, 4) is 11.5 Å². The number of benzene rings is 1. The normalized spacial score (nSPS) is 19.1. The number of rotatable bonds is 5. The van der Waals surface area contributed by atoms with Crippen LogP contribution in [0.3, 0.4) is 0 Å². The second-order valence-electron chi connectivity index (χ2n) is 7.56. The van der Waals surface area contributed by atoms with Gasteiger partial charge in [0, 0.05) is 11.6 Å². The summed E-state index contributed by atoms with van der Waals surface area (Å²) in [4.78, 5) is 0. The Morgan fingerprint density at radius 1 is 1.09 bits per heavy atom. The van der Waals surface area contributed by atoms with Gasteiger partial charge in [0.25, 0.3) is 0 Å². The molecular formula is C21H30O2. The van der Waals surface area contributed by atoms with Gasteiger partial charge in [0.2, 0.25) is 0 Å². The molecule has 0 atom stereocenters. The molecule has 1 aliphatic carbocycles. The van der Waals surface area contributed by atoms with Crippen molar-refractivity contribution in [2.45, 2.75) is 84.2 Å². The van der Waals surface area contributed by atoms with Crippen molar-refractivity contribution >= 4 is 5.57 Å². The SMILES string of the molecule is CCCCCCc1cc2c(cc1O)OC(C)(C)C1=C2CCCC1. The monoisotopic (exact) mass is 314 g/mol. The lowest BCUT2D eigenvalue weighted by Crippen LogP contribution is -2.35. The van der Waals surface area contributed by atoms with E-state index >= 15 is 0 Å². The largest absolute Gasteiger partial charge is 0.508 e. The van der Waals surface area contributed by atoms with Gasteiger partial charge in [-0.25, -0.2) is 0 Å². The zero-order valence-corrected chi connectivity index (χ0v) is 14.9. The number of hydrogen-bond acceptors (Lipinski definition) is 2. The van der Waals surface area contributed by atoms with E-state index in [4.69, 9.17) is 4.74 Å². The topological polar surface area (TPSA) is 29.5 Å². The van der Waals surface area contributed by atoms with Gasteiger partial charge in [-0.3, -0.25) is 0 Å². The molecule has 1 aliphatic heterocycles. The van der Waals surface area contributed by atoms with Crippen LogP contribution in [0.5, 0.6) is 11.5 Å². The fraction of sp³-hybridized carbons (Fsp3) is 0.619. The molecule has 2 aliphatic rings. The van der Waals surface area contributed by atoms with Gasteiger partial charge in [-0.1, -0.05) is 26.2 Å². The molecule has 0 saturated carbocycles. The first-order valence-corrected chi connectivity index (χ1v) is 9.30. The molecule has 0 unspecified atom stereocenters. The van der Waals surface area contributed by atoms with Gasteiger partial charge in [-0.05, 0) is 75.1 Å². The van der Waals surface area contributed by atoms with Crippen LogP contribution in [0.15, 0.2) is 17.7 Å². The molecule has 0 aromatic heterocycles. The first-order valence-electron chi connectivity index (χ1n) is 9.30. The molecule has 0 amide bonds. The summed E-state index contributed by atoms with van der Waals surface area (Å²) < 4.78 is 6.25. The molecule has 126 valence electrons. The fourth-order valence-corrected chi connectivity index (χ4v) is 4.08. The van der Waals surface area contributed by atoms with Crippen molar-refractivity contribution in [3.63, 3.8) is 0 Å². The number of ether oxygens (including phenoxy) is 1. The number of fused-ring (bicyclic) bond motifs is 2. The van der Waals surface area contributed by atoms with E-state index in [9.17, 15) is 5.11 Å². The maximum atomic E-state index is 10.4. The lowest BCUT2D eigenvalue weighted by Gasteiger charge is -2.39. The lowest BCUT2D eigenvalue weighted by atomic mass is 9.77. The summed E-state index contributed by atoms with van der Waals surface area (Å²) in [5, 5.41) is 10.4. The molecule has 1 heterocycles. The Bertz CT molecular complexity index is 611. The smallest absolute Gasteiger partial charge is 0.131 e. The van der Waals surface area contributed by atoms with Gasteiger partial charge < -0.3 is 9.84 Å². The average Bonchev–Trinajstić information content (AvgIpc) is 2.52. The Hall–Kier alpha value is -1.44. The van der Waals surface area contributed by atoms with Crippen LogP contribution < -0.4 is 4.74 Å².